The Morgan fingerprint density at radius 3 is 2.24 bits per heavy atom. The van der Waals surface area contributed by atoms with Crippen LogP contribution in [0.15, 0.2) is 36.4 Å². The van der Waals surface area contributed by atoms with Gasteiger partial charge in [-0.05, 0) is 37.3 Å². The summed E-state index contributed by atoms with van der Waals surface area (Å²) in [5, 5.41) is 2.32. The Morgan fingerprint density at radius 2 is 1.68 bits per heavy atom. The molecule has 0 radical (unpaired) electrons. The van der Waals surface area contributed by atoms with Crippen LogP contribution in [0, 0.1) is 11.6 Å². The fraction of sp³-hybridized carbons (Fsp3) is 0.125. The Bertz CT molecular complexity index is 959. The number of ketones is 1. The summed E-state index contributed by atoms with van der Waals surface area (Å²) in [6, 6.07) is 6.36. The van der Waals surface area contributed by atoms with Crippen LogP contribution < -0.4 is 10.0 Å². The molecule has 132 valence electrons. The third-order valence-corrected chi connectivity index (χ3v) is 3.74. The van der Waals surface area contributed by atoms with E-state index >= 15 is 0 Å². The maximum absolute atomic E-state index is 13.7. The number of rotatable bonds is 5. The van der Waals surface area contributed by atoms with Crippen LogP contribution >= 0.6 is 0 Å². The van der Waals surface area contributed by atoms with E-state index in [1.54, 1.807) is 0 Å². The molecule has 0 atom stereocenters. The number of hydrogen-bond acceptors (Lipinski definition) is 4. The minimum absolute atomic E-state index is 0.00312. The van der Waals surface area contributed by atoms with Crippen molar-refractivity contribution in [2.45, 2.75) is 6.92 Å². The maximum atomic E-state index is 13.7. The molecule has 0 aliphatic carbocycles. The second-order valence-electron chi connectivity index (χ2n) is 5.27. The van der Waals surface area contributed by atoms with Crippen molar-refractivity contribution in [3.63, 3.8) is 0 Å². The summed E-state index contributed by atoms with van der Waals surface area (Å²) in [6.07, 6.45) is 0.914. The normalized spacial score (nSPS) is 11.0. The van der Waals surface area contributed by atoms with Crippen LogP contribution in [0.25, 0.3) is 0 Å². The van der Waals surface area contributed by atoms with Crippen LogP contribution in [0.2, 0.25) is 0 Å². The van der Waals surface area contributed by atoms with Crippen LogP contribution in [-0.4, -0.2) is 26.4 Å². The lowest BCUT2D eigenvalue weighted by atomic mass is 10.1. The first-order chi connectivity index (χ1) is 11.6. The van der Waals surface area contributed by atoms with Gasteiger partial charge in [0.2, 0.25) is 10.0 Å². The number of anilines is 2. The largest absolute Gasteiger partial charge is 0.320 e. The first-order valence-electron chi connectivity index (χ1n) is 6.96. The number of sulfonamides is 1. The summed E-state index contributed by atoms with van der Waals surface area (Å²) in [6.45, 7) is 1.30. The Morgan fingerprint density at radius 1 is 1.00 bits per heavy atom. The summed E-state index contributed by atoms with van der Waals surface area (Å²) in [4.78, 5) is 23.7. The molecule has 0 aliphatic heterocycles. The molecule has 0 saturated heterocycles. The lowest BCUT2D eigenvalue weighted by Gasteiger charge is -2.13. The smallest absolute Gasteiger partial charge is 0.258 e. The Labute approximate surface area is 142 Å². The molecule has 0 aliphatic rings. The van der Waals surface area contributed by atoms with E-state index < -0.39 is 33.1 Å². The number of carbonyl (C=O) groups is 2. The van der Waals surface area contributed by atoms with Crippen molar-refractivity contribution in [2.24, 2.45) is 0 Å². The van der Waals surface area contributed by atoms with Crippen molar-refractivity contribution in [3.05, 3.63) is 59.2 Å². The van der Waals surface area contributed by atoms with Crippen LogP contribution in [0.1, 0.15) is 27.6 Å². The zero-order chi connectivity index (χ0) is 18.8. The number of Topliss-reactive ketones (excluding diaryl/α,β-unsaturated/α-hetero) is 1. The van der Waals surface area contributed by atoms with E-state index in [0.29, 0.717) is 6.07 Å². The Hall–Kier alpha value is -2.81. The highest BCUT2D eigenvalue weighted by molar-refractivity contribution is 7.92. The standard InChI is InChI=1S/C16H14F2N2O4S/c1-9(21)10-3-6-14(20-25(2,23)24)15(7-10)19-16(22)12-5-4-11(17)8-13(12)18/h3-8,20H,1-2H3,(H,19,22). The lowest BCUT2D eigenvalue weighted by Crippen LogP contribution is -2.17. The van der Waals surface area contributed by atoms with Gasteiger partial charge >= 0.3 is 0 Å². The minimum atomic E-state index is -3.66. The van der Waals surface area contributed by atoms with Gasteiger partial charge in [0.25, 0.3) is 5.91 Å². The molecule has 0 heterocycles. The fourth-order valence-corrected chi connectivity index (χ4v) is 2.60. The summed E-state index contributed by atoms with van der Waals surface area (Å²) in [5.74, 6) is -3.14. The van der Waals surface area contributed by atoms with Crippen molar-refractivity contribution in [1.29, 1.82) is 0 Å². The fourth-order valence-electron chi connectivity index (χ4n) is 2.02. The predicted octanol–water partition coefficient (Wildman–Crippen LogP) is 2.79. The zero-order valence-electron chi connectivity index (χ0n) is 13.3. The van der Waals surface area contributed by atoms with Crippen molar-refractivity contribution in [3.8, 4) is 0 Å². The average Bonchev–Trinajstić information content (AvgIpc) is 2.47. The van der Waals surface area contributed by atoms with E-state index in [-0.39, 0.29) is 22.7 Å². The number of nitrogens with one attached hydrogen (secondary N) is 2. The molecule has 2 aromatic carbocycles. The van der Waals surface area contributed by atoms with Gasteiger partial charge in [-0.15, -0.1) is 0 Å². The van der Waals surface area contributed by atoms with Gasteiger partial charge < -0.3 is 5.32 Å². The molecule has 2 aromatic rings. The van der Waals surface area contributed by atoms with E-state index in [4.69, 9.17) is 0 Å². The molecule has 0 saturated carbocycles. The number of amides is 1. The maximum Gasteiger partial charge on any atom is 0.258 e. The molecule has 0 bridgehead atoms. The van der Waals surface area contributed by atoms with Crippen LogP contribution in [-0.2, 0) is 10.0 Å². The summed E-state index contributed by atoms with van der Waals surface area (Å²) in [7, 11) is -3.66. The highest BCUT2D eigenvalue weighted by Gasteiger charge is 2.16. The Kier molecular flexibility index (Phi) is 5.17. The zero-order valence-corrected chi connectivity index (χ0v) is 14.1. The van der Waals surface area contributed by atoms with Crippen molar-refractivity contribution in [1.82, 2.24) is 0 Å². The van der Waals surface area contributed by atoms with E-state index in [0.717, 1.165) is 18.4 Å². The van der Waals surface area contributed by atoms with Gasteiger partial charge in [0.1, 0.15) is 11.6 Å². The van der Waals surface area contributed by atoms with Gasteiger partial charge in [0, 0.05) is 11.6 Å². The van der Waals surface area contributed by atoms with E-state index in [1.807, 2.05) is 0 Å². The van der Waals surface area contributed by atoms with Crippen LogP contribution in [0.5, 0.6) is 0 Å². The molecule has 9 heteroatoms. The molecule has 0 fully saturated rings. The summed E-state index contributed by atoms with van der Waals surface area (Å²) < 4.78 is 51.7. The first kappa shape index (κ1) is 18.5. The van der Waals surface area contributed by atoms with Crippen molar-refractivity contribution in [2.75, 3.05) is 16.3 Å². The quantitative estimate of drug-likeness (QED) is 0.794. The highest BCUT2D eigenvalue weighted by atomic mass is 32.2. The molecule has 1 amide bonds. The topological polar surface area (TPSA) is 92.3 Å². The molecule has 2 N–H and O–H groups in total. The van der Waals surface area contributed by atoms with E-state index in [1.165, 1.54) is 25.1 Å². The third kappa shape index (κ3) is 4.83. The molecular weight excluding hydrogens is 354 g/mol. The number of halogens is 2. The molecule has 6 nitrogen and oxygen atoms in total. The molecule has 0 spiro atoms. The van der Waals surface area contributed by atoms with E-state index in [2.05, 4.69) is 10.0 Å². The highest BCUT2D eigenvalue weighted by Crippen LogP contribution is 2.25. The molecule has 0 aromatic heterocycles. The second-order valence-corrected chi connectivity index (χ2v) is 7.02. The SMILES string of the molecule is CC(=O)c1ccc(NS(C)(=O)=O)c(NC(=O)c2ccc(F)cc2F)c1. The second kappa shape index (κ2) is 6.98. The van der Waals surface area contributed by atoms with E-state index in [9.17, 15) is 26.8 Å². The Balaban J connectivity index is 2.43. The number of carbonyl (C=O) groups excluding carboxylic acids is 2. The average molecular weight is 368 g/mol. The van der Waals surface area contributed by atoms with Crippen molar-refractivity contribution < 1.29 is 26.8 Å². The molecule has 25 heavy (non-hydrogen) atoms. The summed E-state index contributed by atoms with van der Waals surface area (Å²) >= 11 is 0. The minimum Gasteiger partial charge on any atom is -0.320 e. The van der Waals surface area contributed by atoms with Crippen LogP contribution in [0.4, 0.5) is 20.2 Å². The van der Waals surface area contributed by atoms with Gasteiger partial charge in [0.05, 0.1) is 23.2 Å². The number of benzene rings is 2. The monoisotopic (exact) mass is 368 g/mol. The number of hydrogen-bond donors (Lipinski definition) is 2. The van der Waals surface area contributed by atoms with Gasteiger partial charge in [-0.25, -0.2) is 17.2 Å². The summed E-state index contributed by atoms with van der Waals surface area (Å²) in [5.41, 5.74) is -0.246. The van der Waals surface area contributed by atoms with Crippen molar-refractivity contribution >= 4 is 33.1 Å². The molecule has 2 rings (SSSR count). The van der Waals surface area contributed by atoms with Gasteiger partial charge in [0.15, 0.2) is 5.78 Å². The predicted molar refractivity (Wildman–Crippen MR) is 89.2 cm³/mol. The van der Waals surface area contributed by atoms with Gasteiger partial charge in [-0.1, -0.05) is 0 Å². The molecular formula is C16H14F2N2O4S. The van der Waals surface area contributed by atoms with Gasteiger partial charge in [-0.3, -0.25) is 14.3 Å². The van der Waals surface area contributed by atoms with Crippen LogP contribution in [0.3, 0.4) is 0 Å². The van der Waals surface area contributed by atoms with Gasteiger partial charge in [-0.2, -0.15) is 0 Å². The third-order valence-electron chi connectivity index (χ3n) is 3.15. The molecule has 0 unspecified atom stereocenters. The first-order valence-corrected chi connectivity index (χ1v) is 8.85. The lowest BCUT2D eigenvalue weighted by molar-refractivity contribution is 0.100.